The van der Waals surface area contributed by atoms with E-state index in [1.807, 2.05) is 13.2 Å². The van der Waals surface area contributed by atoms with Crippen LogP contribution in [0.25, 0.3) is 0 Å². The minimum Gasteiger partial charge on any atom is -0.495 e. The van der Waals surface area contributed by atoms with E-state index < -0.39 is 0 Å². The Morgan fingerprint density at radius 2 is 1.78 bits per heavy atom. The topological polar surface area (TPSA) is 127 Å². The van der Waals surface area contributed by atoms with Crippen LogP contribution in [-0.4, -0.2) is 58.0 Å². The second-order valence-corrected chi connectivity index (χ2v) is 10.9. The molecule has 5 rings (SSSR count). The number of halogens is 2. The number of benzene rings is 1. The lowest BCUT2D eigenvalue weighted by molar-refractivity contribution is -0.119. The van der Waals surface area contributed by atoms with Gasteiger partial charge in [0.25, 0.3) is 0 Å². The van der Waals surface area contributed by atoms with Crippen molar-refractivity contribution < 1.29 is 19.1 Å². The van der Waals surface area contributed by atoms with Crippen LogP contribution in [0.1, 0.15) is 43.7 Å². The lowest BCUT2D eigenvalue weighted by Gasteiger charge is -2.37. The summed E-state index contributed by atoms with van der Waals surface area (Å²) in [6, 6.07) is 1.12. The molecule has 3 amide bonds. The van der Waals surface area contributed by atoms with E-state index in [0.717, 1.165) is 31.2 Å². The van der Waals surface area contributed by atoms with E-state index in [9.17, 15) is 9.59 Å². The van der Waals surface area contributed by atoms with Crippen molar-refractivity contribution in [3.8, 4) is 11.5 Å². The average Bonchev–Trinajstić information content (AvgIpc) is 3.36. The van der Waals surface area contributed by atoms with Gasteiger partial charge >= 0.3 is 6.03 Å². The van der Waals surface area contributed by atoms with E-state index in [2.05, 4.69) is 20.7 Å². The summed E-state index contributed by atoms with van der Waals surface area (Å²) in [4.78, 5) is 38.3. The van der Waals surface area contributed by atoms with E-state index in [0.29, 0.717) is 28.8 Å². The average molecular weight is 604 g/mol. The molecule has 218 valence electrons. The number of methoxy groups -OCH3 is 2. The van der Waals surface area contributed by atoms with Crippen LogP contribution in [0.3, 0.4) is 0 Å². The van der Waals surface area contributed by atoms with Crippen molar-refractivity contribution in [2.45, 2.75) is 57.8 Å². The number of carbonyl (C=O) groups is 2. The number of nitrogens with one attached hydrogen (secondary N) is 2. The Labute approximate surface area is 247 Å². The van der Waals surface area contributed by atoms with Crippen LogP contribution in [0.4, 0.5) is 22.2 Å². The molecule has 1 saturated carbocycles. The number of hydrogen-bond acceptors (Lipinski definition) is 8. The van der Waals surface area contributed by atoms with E-state index in [4.69, 9.17) is 37.7 Å². The van der Waals surface area contributed by atoms with Crippen molar-refractivity contribution >= 4 is 52.6 Å². The van der Waals surface area contributed by atoms with Gasteiger partial charge in [0.1, 0.15) is 27.4 Å². The first-order valence-corrected chi connectivity index (χ1v) is 14.0. The summed E-state index contributed by atoms with van der Waals surface area (Å²) in [5, 5.41) is 11.0. The van der Waals surface area contributed by atoms with Gasteiger partial charge in [-0.2, -0.15) is 10.1 Å². The third kappa shape index (κ3) is 5.84. The van der Waals surface area contributed by atoms with Gasteiger partial charge in [-0.05, 0) is 12.8 Å². The molecule has 0 radical (unpaired) electrons. The highest BCUT2D eigenvalue weighted by atomic mass is 35.5. The first-order chi connectivity index (χ1) is 19.7. The lowest BCUT2D eigenvalue weighted by Crippen LogP contribution is -2.49. The Bertz CT molecular complexity index is 1440. The second-order valence-electron chi connectivity index (χ2n) is 10.1. The highest BCUT2D eigenvalue weighted by molar-refractivity contribution is 6.42. The molecular formula is C27H32Cl2N8O4. The number of amides is 3. The first-order valence-electron chi connectivity index (χ1n) is 13.3. The van der Waals surface area contributed by atoms with E-state index in [1.165, 1.54) is 26.0 Å². The standard InChI is InChI=1S/C27H32Cl2N8O4/c1-15(38)32-18-7-5-6-8-19(18)33-26-30-11-17-14-36(24-22(28)20(40-3)9-21(41-4)23(24)29)27(39)37(25(17)34-26)13-16-10-31-35(2)12-16/h9-12,18-19H,5-8,13-14H2,1-4H3,(H,32,38)(H,30,33,34)/t18-,19+/m0/s1. The number of ether oxygens (including phenoxy) is 2. The number of urea groups is 1. The van der Waals surface area contributed by atoms with Crippen LogP contribution in [0, 0.1) is 0 Å². The van der Waals surface area contributed by atoms with Crippen molar-refractivity contribution in [2.75, 3.05) is 29.3 Å². The van der Waals surface area contributed by atoms with Gasteiger partial charge < -0.3 is 20.1 Å². The minimum absolute atomic E-state index is 0.0307. The number of anilines is 3. The number of aromatic nitrogens is 4. The Morgan fingerprint density at radius 1 is 1.10 bits per heavy atom. The number of aryl methyl sites for hydroxylation is 1. The summed E-state index contributed by atoms with van der Waals surface area (Å²) >= 11 is 13.4. The maximum Gasteiger partial charge on any atom is 0.330 e. The van der Waals surface area contributed by atoms with Gasteiger partial charge in [0.15, 0.2) is 0 Å². The van der Waals surface area contributed by atoms with Gasteiger partial charge in [0, 0.05) is 55.6 Å². The minimum atomic E-state index is -0.390. The number of nitrogens with zero attached hydrogens (tertiary/aromatic N) is 6. The fourth-order valence-corrected chi connectivity index (χ4v) is 6.06. The zero-order valence-corrected chi connectivity index (χ0v) is 24.8. The van der Waals surface area contributed by atoms with Gasteiger partial charge in [-0.3, -0.25) is 19.3 Å². The Hall–Kier alpha value is -3.77. The molecule has 1 aliphatic carbocycles. The highest BCUT2D eigenvalue weighted by Gasteiger charge is 2.37. The van der Waals surface area contributed by atoms with Crippen LogP contribution in [0.5, 0.6) is 11.5 Å². The molecule has 2 atom stereocenters. The van der Waals surface area contributed by atoms with Crippen molar-refractivity contribution in [1.82, 2.24) is 25.1 Å². The normalized spacial score (nSPS) is 18.6. The molecule has 12 nitrogen and oxygen atoms in total. The molecule has 0 spiro atoms. The summed E-state index contributed by atoms with van der Waals surface area (Å²) in [5.74, 6) is 1.40. The molecule has 2 N–H and O–H groups in total. The van der Waals surface area contributed by atoms with E-state index >= 15 is 0 Å². The number of carbonyl (C=O) groups excluding carboxylic acids is 2. The quantitative estimate of drug-likeness (QED) is 0.385. The molecule has 0 unspecified atom stereocenters. The van der Waals surface area contributed by atoms with Gasteiger partial charge in [0.2, 0.25) is 11.9 Å². The fourth-order valence-electron chi connectivity index (χ4n) is 5.35. The van der Waals surface area contributed by atoms with Crippen molar-refractivity contribution in [1.29, 1.82) is 0 Å². The van der Waals surface area contributed by atoms with Gasteiger partial charge in [-0.25, -0.2) is 9.78 Å². The maximum absolute atomic E-state index is 14.2. The number of rotatable bonds is 8. The number of fused-ring (bicyclic) bond motifs is 1. The van der Waals surface area contributed by atoms with Crippen molar-refractivity contribution in [2.24, 2.45) is 7.05 Å². The maximum atomic E-state index is 14.2. The smallest absolute Gasteiger partial charge is 0.330 e. The molecule has 1 fully saturated rings. The molecule has 2 aliphatic rings. The third-order valence-corrected chi connectivity index (χ3v) is 8.01. The summed E-state index contributed by atoms with van der Waals surface area (Å²) in [6.07, 6.45) is 9.03. The predicted octanol–water partition coefficient (Wildman–Crippen LogP) is 4.54. The van der Waals surface area contributed by atoms with Crippen LogP contribution in [0.15, 0.2) is 24.7 Å². The molecule has 3 aromatic rings. The molecule has 1 aromatic carbocycles. The Balaban J connectivity index is 1.54. The molecule has 41 heavy (non-hydrogen) atoms. The predicted molar refractivity (Wildman–Crippen MR) is 156 cm³/mol. The summed E-state index contributed by atoms with van der Waals surface area (Å²) in [7, 11) is 4.76. The van der Waals surface area contributed by atoms with Crippen molar-refractivity contribution in [3.63, 3.8) is 0 Å². The highest BCUT2D eigenvalue weighted by Crippen LogP contribution is 2.48. The monoisotopic (exact) mass is 602 g/mol. The molecule has 3 heterocycles. The molecule has 0 bridgehead atoms. The van der Waals surface area contributed by atoms with Crippen LogP contribution >= 0.6 is 23.2 Å². The largest absolute Gasteiger partial charge is 0.495 e. The summed E-state index contributed by atoms with van der Waals surface area (Å²) in [6.45, 7) is 1.83. The third-order valence-electron chi connectivity index (χ3n) is 7.28. The van der Waals surface area contributed by atoms with Crippen LogP contribution < -0.4 is 29.9 Å². The molecule has 14 heteroatoms. The molecule has 2 aromatic heterocycles. The first kappa shape index (κ1) is 28.7. The molecular weight excluding hydrogens is 571 g/mol. The van der Waals surface area contributed by atoms with E-state index in [1.54, 1.807) is 28.0 Å². The molecule has 1 aliphatic heterocycles. The van der Waals surface area contributed by atoms with Gasteiger partial charge in [-0.15, -0.1) is 0 Å². The van der Waals surface area contributed by atoms with Crippen LogP contribution in [0.2, 0.25) is 10.0 Å². The van der Waals surface area contributed by atoms with E-state index in [-0.39, 0.29) is 52.8 Å². The fraction of sp³-hybridized carbons (Fsp3) is 0.444. The summed E-state index contributed by atoms with van der Waals surface area (Å²) in [5.41, 5.74) is 1.76. The van der Waals surface area contributed by atoms with Gasteiger partial charge in [0.05, 0.1) is 39.2 Å². The second kappa shape index (κ2) is 12.0. The lowest BCUT2D eigenvalue weighted by atomic mass is 9.90. The van der Waals surface area contributed by atoms with Crippen molar-refractivity contribution in [3.05, 3.63) is 45.8 Å². The number of hydrogen-bond donors (Lipinski definition) is 2. The zero-order valence-electron chi connectivity index (χ0n) is 23.3. The SMILES string of the molecule is COc1cc(OC)c(Cl)c(N2Cc3cnc(N[C@@H]4CCCC[C@@H]4NC(C)=O)nc3N(Cc3cnn(C)c3)C2=O)c1Cl. The van der Waals surface area contributed by atoms with Crippen LogP contribution in [-0.2, 0) is 24.9 Å². The van der Waals surface area contributed by atoms with Gasteiger partial charge in [-0.1, -0.05) is 36.0 Å². The summed E-state index contributed by atoms with van der Waals surface area (Å²) < 4.78 is 12.5. The Morgan fingerprint density at radius 3 is 2.39 bits per heavy atom. The Kier molecular flexibility index (Phi) is 8.41. The zero-order chi connectivity index (χ0) is 29.3. The molecule has 0 saturated heterocycles.